The van der Waals surface area contributed by atoms with Crippen molar-refractivity contribution in [3.63, 3.8) is 0 Å². The van der Waals surface area contributed by atoms with Crippen molar-refractivity contribution in [2.75, 3.05) is 26.0 Å². The van der Waals surface area contributed by atoms with E-state index in [4.69, 9.17) is 16.3 Å². The van der Waals surface area contributed by atoms with Gasteiger partial charge in [-0.1, -0.05) is 49.3 Å². The van der Waals surface area contributed by atoms with E-state index >= 15 is 0 Å². The van der Waals surface area contributed by atoms with Crippen LogP contribution in [0.25, 0.3) is 16.6 Å². The number of hydrogen-bond acceptors (Lipinski definition) is 5. The van der Waals surface area contributed by atoms with Gasteiger partial charge in [-0.2, -0.15) is 0 Å². The van der Waals surface area contributed by atoms with Gasteiger partial charge >= 0.3 is 0 Å². The molecule has 0 radical (unpaired) electrons. The molecule has 2 aromatic carbocycles. The van der Waals surface area contributed by atoms with Crippen molar-refractivity contribution in [2.45, 2.75) is 37.8 Å². The van der Waals surface area contributed by atoms with Crippen molar-refractivity contribution < 1.29 is 9.53 Å². The Morgan fingerprint density at radius 3 is 2.69 bits per heavy atom. The molecule has 0 bridgehead atoms. The molecule has 8 heteroatoms. The van der Waals surface area contributed by atoms with Gasteiger partial charge in [-0.05, 0) is 54.7 Å². The van der Waals surface area contributed by atoms with E-state index in [2.05, 4.69) is 24.1 Å². The van der Waals surface area contributed by atoms with E-state index < -0.39 is 0 Å². The molecule has 3 rings (SSSR count). The molecule has 32 heavy (non-hydrogen) atoms. The predicted octanol–water partition coefficient (Wildman–Crippen LogP) is 4.80. The van der Waals surface area contributed by atoms with Gasteiger partial charge in [0, 0.05) is 25.3 Å². The predicted molar refractivity (Wildman–Crippen MR) is 131 cm³/mol. The summed E-state index contributed by atoms with van der Waals surface area (Å²) in [4.78, 5) is 30.3. The van der Waals surface area contributed by atoms with Gasteiger partial charge < -0.3 is 10.1 Å². The summed E-state index contributed by atoms with van der Waals surface area (Å²) in [5, 5.41) is 4.25. The minimum Gasteiger partial charge on any atom is -0.385 e. The SMILES string of the molecule is CCC(C)c1ccc(-n2c(SCC(=O)NCCCOC)nc3ccc(Cl)cc3c2=O)cc1. The number of nitrogens with zero attached hydrogens (tertiary/aromatic N) is 2. The van der Waals surface area contributed by atoms with Gasteiger partial charge in [0.05, 0.1) is 22.3 Å². The molecule has 1 N–H and O–H groups in total. The molecular weight excluding hydrogens is 446 g/mol. The Morgan fingerprint density at radius 1 is 1.25 bits per heavy atom. The van der Waals surface area contributed by atoms with Gasteiger partial charge in [-0.3, -0.25) is 14.2 Å². The number of benzene rings is 2. The maximum atomic E-state index is 13.4. The molecule has 1 heterocycles. The second-order valence-corrected chi connectivity index (χ2v) is 8.96. The second kappa shape index (κ2) is 11.5. The Kier molecular flexibility index (Phi) is 8.73. The van der Waals surface area contributed by atoms with Gasteiger partial charge in [-0.25, -0.2) is 4.98 Å². The third-order valence-electron chi connectivity index (χ3n) is 5.31. The number of carbonyl (C=O) groups is 1. The fraction of sp³-hybridized carbons (Fsp3) is 0.375. The number of methoxy groups -OCH3 is 1. The lowest BCUT2D eigenvalue weighted by atomic mass is 9.98. The molecular formula is C24H28ClN3O3S. The lowest BCUT2D eigenvalue weighted by Crippen LogP contribution is -2.28. The number of thioether (sulfide) groups is 1. The molecule has 1 aromatic heterocycles. The number of rotatable bonds is 10. The van der Waals surface area contributed by atoms with Crippen LogP contribution in [-0.2, 0) is 9.53 Å². The standard InChI is InChI=1S/C24H28ClN3O3S/c1-4-16(2)17-6-9-19(10-7-17)28-23(30)20-14-18(25)8-11-21(20)27-24(28)32-15-22(29)26-12-5-13-31-3/h6-11,14,16H,4-5,12-13,15H2,1-3H3,(H,26,29). The molecule has 0 aliphatic carbocycles. The van der Waals surface area contributed by atoms with Crippen molar-refractivity contribution in [1.29, 1.82) is 0 Å². The highest BCUT2D eigenvalue weighted by Crippen LogP contribution is 2.25. The van der Waals surface area contributed by atoms with Gasteiger partial charge in [0.2, 0.25) is 5.91 Å². The Morgan fingerprint density at radius 2 is 2.00 bits per heavy atom. The zero-order valence-electron chi connectivity index (χ0n) is 18.6. The maximum absolute atomic E-state index is 13.4. The third kappa shape index (κ3) is 5.91. The van der Waals surface area contributed by atoms with E-state index in [1.807, 2.05) is 24.3 Å². The molecule has 0 aliphatic heterocycles. The number of nitrogens with one attached hydrogen (secondary N) is 1. The number of ether oxygens (including phenoxy) is 1. The number of fused-ring (bicyclic) bond motifs is 1. The molecule has 1 amide bonds. The van der Waals surface area contributed by atoms with Gasteiger partial charge in [-0.15, -0.1) is 0 Å². The fourth-order valence-corrected chi connectivity index (χ4v) is 4.29. The van der Waals surface area contributed by atoms with Crippen LogP contribution >= 0.6 is 23.4 Å². The summed E-state index contributed by atoms with van der Waals surface area (Å²) >= 11 is 7.37. The number of halogens is 1. The van der Waals surface area contributed by atoms with Crippen LogP contribution in [0, 0.1) is 0 Å². The highest BCUT2D eigenvalue weighted by molar-refractivity contribution is 7.99. The molecule has 1 unspecified atom stereocenters. The van der Waals surface area contributed by atoms with Crippen LogP contribution in [0.3, 0.4) is 0 Å². The summed E-state index contributed by atoms with van der Waals surface area (Å²) in [6, 6.07) is 13.0. The third-order valence-corrected chi connectivity index (χ3v) is 6.49. The molecule has 3 aromatic rings. The number of amides is 1. The molecule has 6 nitrogen and oxygen atoms in total. The van der Waals surface area contributed by atoms with Crippen molar-refractivity contribution in [1.82, 2.24) is 14.9 Å². The monoisotopic (exact) mass is 473 g/mol. The van der Waals surface area contributed by atoms with E-state index in [1.54, 1.807) is 29.9 Å². The summed E-state index contributed by atoms with van der Waals surface area (Å²) in [6.45, 7) is 5.46. The van der Waals surface area contributed by atoms with Crippen molar-refractivity contribution >= 4 is 40.2 Å². The topological polar surface area (TPSA) is 73.2 Å². The van der Waals surface area contributed by atoms with Crippen LogP contribution in [0.4, 0.5) is 0 Å². The first-order valence-corrected chi connectivity index (χ1v) is 12.0. The van der Waals surface area contributed by atoms with Crippen LogP contribution in [0.1, 0.15) is 38.2 Å². The Bertz CT molecular complexity index is 1130. The molecule has 0 aliphatic rings. The van der Waals surface area contributed by atoms with Crippen LogP contribution in [0.5, 0.6) is 0 Å². The van der Waals surface area contributed by atoms with Crippen molar-refractivity contribution in [3.8, 4) is 5.69 Å². The lowest BCUT2D eigenvalue weighted by molar-refractivity contribution is -0.118. The molecule has 170 valence electrons. The summed E-state index contributed by atoms with van der Waals surface area (Å²) in [5.41, 5.74) is 2.26. The van der Waals surface area contributed by atoms with Crippen LogP contribution in [0.2, 0.25) is 5.02 Å². The Balaban J connectivity index is 1.95. The molecule has 0 spiro atoms. The Labute approximate surface area is 197 Å². The van der Waals surface area contributed by atoms with E-state index in [0.717, 1.165) is 12.8 Å². The normalized spacial score (nSPS) is 12.1. The zero-order valence-corrected chi connectivity index (χ0v) is 20.1. The van der Waals surface area contributed by atoms with Crippen molar-refractivity contribution in [2.24, 2.45) is 0 Å². The van der Waals surface area contributed by atoms with Gasteiger partial charge in [0.15, 0.2) is 5.16 Å². The summed E-state index contributed by atoms with van der Waals surface area (Å²) in [7, 11) is 1.63. The maximum Gasteiger partial charge on any atom is 0.266 e. The van der Waals surface area contributed by atoms with Crippen LogP contribution in [0.15, 0.2) is 52.4 Å². The number of hydrogen-bond donors (Lipinski definition) is 1. The average Bonchev–Trinajstić information content (AvgIpc) is 2.80. The van der Waals surface area contributed by atoms with Crippen molar-refractivity contribution in [3.05, 3.63) is 63.4 Å². The second-order valence-electron chi connectivity index (χ2n) is 7.58. The Hall–Kier alpha value is -2.35. The van der Waals surface area contributed by atoms with Crippen LogP contribution < -0.4 is 10.9 Å². The summed E-state index contributed by atoms with van der Waals surface area (Å²) in [5.74, 6) is 0.476. The molecule has 0 saturated heterocycles. The highest BCUT2D eigenvalue weighted by Gasteiger charge is 2.16. The minimum atomic E-state index is -0.211. The van der Waals surface area contributed by atoms with E-state index in [-0.39, 0.29) is 17.2 Å². The highest BCUT2D eigenvalue weighted by atomic mass is 35.5. The van der Waals surface area contributed by atoms with E-state index in [0.29, 0.717) is 45.8 Å². The first-order chi connectivity index (χ1) is 15.4. The molecule has 0 saturated carbocycles. The lowest BCUT2D eigenvalue weighted by Gasteiger charge is -2.15. The average molecular weight is 474 g/mol. The van der Waals surface area contributed by atoms with Gasteiger partial charge in [0.25, 0.3) is 5.56 Å². The molecule has 0 fully saturated rings. The zero-order chi connectivity index (χ0) is 23.1. The quantitative estimate of drug-likeness (QED) is 0.260. The first-order valence-electron chi connectivity index (χ1n) is 10.7. The summed E-state index contributed by atoms with van der Waals surface area (Å²) in [6.07, 6.45) is 1.78. The number of aromatic nitrogens is 2. The minimum absolute atomic E-state index is 0.116. The molecule has 1 atom stereocenters. The largest absolute Gasteiger partial charge is 0.385 e. The van der Waals surface area contributed by atoms with E-state index in [9.17, 15) is 9.59 Å². The summed E-state index contributed by atoms with van der Waals surface area (Å²) < 4.78 is 6.55. The fourth-order valence-electron chi connectivity index (χ4n) is 3.28. The van der Waals surface area contributed by atoms with Gasteiger partial charge in [0.1, 0.15) is 0 Å². The van der Waals surface area contributed by atoms with E-state index in [1.165, 1.54) is 17.3 Å². The number of carbonyl (C=O) groups excluding carboxylic acids is 1. The smallest absolute Gasteiger partial charge is 0.266 e. The van der Waals surface area contributed by atoms with Crippen LogP contribution in [-0.4, -0.2) is 41.5 Å². The first kappa shape index (κ1) is 24.3.